The van der Waals surface area contributed by atoms with Crippen LogP contribution in [0.4, 0.5) is 0 Å². The van der Waals surface area contributed by atoms with E-state index in [0.29, 0.717) is 16.5 Å². The van der Waals surface area contributed by atoms with E-state index in [0.717, 1.165) is 22.1 Å². The van der Waals surface area contributed by atoms with Gasteiger partial charge in [0.25, 0.3) is 0 Å². The van der Waals surface area contributed by atoms with Gasteiger partial charge in [0.2, 0.25) is 0 Å². The third kappa shape index (κ3) is 1.71. The third-order valence-electron chi connectivity index (χ3n) is 3.21. The summed E-state index contributed by atoms with van der Waals surface area (Å²) < 4.78 is 0. The Hall–Kier alpha value is -2.53. The summed E-state index contributed by atoms with van der Waals surface area (Å²) >= 11 is 5.48. The topological polar surface area (TPSA) is 57.4 Å². The van der Waals surface area contributed by atoms with E-state index in [2.05, 4.69) is 19.9 Å². The zero-order valence-corrected chi connectivity index (χ0v) is 11.2. The molecule has 0 aliphatic heterocycles. The molecule has 20 heavy (non-hydrogen) atoms. The summed E-state index contributed by atoms with van der Waals surface area (Å²) in [7, 11) is 0. The summed E-state index contributed by atoms with van der Waals surface area (Å²) in [6.45, 7) is 0. The maximum absolute atomic E-state index is 5.48. The fourth-order valence-corrected chi connectivity index (χ4v) is 2.43. The van der Waals surface area contributed by atoms with Crippen molar-refractivity contribution in [1.82, 2.24) is 19.9 Å². The molecule has 0 bridgehead atoms. The molecule has 0 fully saturated rings. The van der Waals surface area contributed by atoms with Crippen molar-refractivity contribution in [3.8, 4) is 0 Å². The largest absolute Gasteiger partial charge is 0.337 e. The fraction of sp³-hybridized carbons (Fsp3) is 0. The molecule has 4 aromatic rings. The number of aromatic nitrogens is 4. The number of thiocarbonyl (C=S) groups is 1. The molecule has 0 spiro atoms. The minimum atomic E-state index is 0.595. The molecular weight excluding hydrogens is 268 g/mol. The molecule has 2 heterocycles. The molecule has 0 unspecified atom stereocenters. The monoisotopic (exact) mass is 278 g/mol. The van der Waals surface area contributed by atoms with Gasteiger partial charge in [-0.15, -0.1) is 0 Å². The summed E-state index contributed by atoms with van der Waals surface area (Å²) in [4.78, 5) is 16.1. The van der Waals surface area contributed by atoms with Gasteiger partial charge in [0, 0.05) is 0 Å². The van der Waals surface area contributed by atoms with Crippen molar-refractivity contribution in [3.05, 3.63) is 60.2 Å². The average molecular weight is 278 g/mol. The molecule has 2 N–H and O–H groups in total. The highest BCUT2D eigenvalue weighted by molar-refractivity contribution is 7.81. The molecule has 5 heteroatoms. The second-order valence-corrected chi connectivity index (χ2v) is 4.94. The first-order chi connectivity index (χ1) is 9.81. The maximum atomic E-state index is 5.48. The van der Waals surface area contributed by atoms with Crippen molar-refractivity contribution >= 4 is 39.1 Å². The Balaban J connectivity index is 1.82. The number of hydrogen-bond acceptors (Lipinski definition) is 3. The molecule has 0 atom stereocenters. The van der Waals surface area contributed by atoms with Crippen LogP contribution < -0.4 is 0 Å². The predicted molar refractivity (Wildman–Crippen MR) is 83.0 cm³/mol. The van der Waals surface area contributed by atoms with E-state index in [1.165, 1.54) is 0 Å². The lowest BCUT2D eigenvalue weighted by atomic mass is 10.3. The van der Waals surface area contributed by atoms with Gasteiger partial charge in [0.15, 0.2) is 11.6 Å². The Kier molecular flexibility index (Phi) is 2.40. The Bertz CT molecular complexity index is 793. The predicted octanol–water partition coefficient (Wildman–Crippen LogP) is 3.21. The molecular formula is C15H10N4S. The summed E-state index contributed by atoms with van der Waals surface area (Å²) in [5.74, 6) is 1.33. The van der Waals surface area contributed by atoms with E-state index in [1.807, 2.05) is 48.5 Å². The molecule has 4 nitrogen and oxygen atoms in total. The number of nitrogens with zero attached hydrogens (tertiary/aromatic N) is 2. The van der Waals surface area contributed by atoms with E-state index >= 15 is 0 Å². The van der Waals surface area contributed by atoms with Crippen LogP contribution in [-0.4, -0.2) is 24.8 Å². The van der Waals surface area contributed by atoms with Crippen molar-refractivity contribution in [3.63, 3.8) is 0 Å². The molecule has 4 rings (SSSR count). The Morgan fingerprint density at radius 2 is 1.20 bits per heavy atom. The molecule has 0 saturated heterocycles. The smallest absolute Gasteiger partial charge is 0.153 e. The molecule has 0 aliphatic carbocycles. The number of benzene rings is 2. The quantitative estimate of drug-likeness (QED) is 0.437. The number of para-hydroxylation sites is 4. The Morgan fingerprint density at radius 3 is 1.65 bits per heavy atom. The van der Waals surface area contributed by atoms with Crippen LogP contribution in [-0.2, 0) is 0 Å². The van der Waals surface area contributed by atoms with Gasteiger partial charge < -0.3 is 9.97 Å². The molecule has 0 radical (unpaired) electrons. The van der Waals surface area contributed by atoms with E-state index < -0.39 is 0 Å². The second-order valence-electron chi connectivity index (χ2n) is 4.53. The minimum Gasteiger partial charge on any atom is -0.337 e. The summed E-state index contributed by atoms with van der Waals surface area (Å²) in [6.07, 6.45) is 0. The number of fused-ring (bicyclic) bond motifs is 2. The molecule has 0 saturated carbocycles. The minimum absolute atomic E-state index is 0.595. The highest BCUT2D eigenvalue weighted by atomic mass is 32.1. The maximum Gasteiger partial charge on any atom is 0.153 e. The first-order valence-corrected chi connectivity index (χ1v) is 6.66. The van der Waals surface area contributed by atoms with Gasteiger partial charge in [-0.2, -0.15) is 0 Å². The van der Waals surface area contributed by atoms with Crippen molar-refractivity contribution < 1.29 is 0 Å². The number of aromatic amines is 2. The van der Waals surface area contributed by atoms with E-state index in [-0.39, 0.29) is 0 Å². The number of H-pyrrole nitrogens is 2. The molecule has 0 amide bonds. The molecule has 0 aliphatic rings. The van der Waals surface area contributed by atoms with Crippen LogP contribution in [0.15, 0.2) is 48.5 Å². The van der Waals surface area contributed by atoms with Crippen LogP contribution in [0.25, 0.3) is 22.1 Å². The van der Waals surface area contributed by atoms with Gasteiger partial charge in [-0.05, 0) is 24.3 Å². The zero-order valence-electron chi connectivity index (χ0n) is 10.4. The number of imidazole rings is 2. The molecule has 96 valence electrons. The van der Waals surface area contributed by atoms with Crippen molar-refractivity contribution in [1.29, 1.82) is 0 Å². The zero-order chi connectivity index (χ0) is 13.5. The van der Waals surface area contributed by atoms with Crippen LogP contribution in [0.3, 0.4) is 0 Å². The van der Waals surface area contributed by atoms with Gasteiger partial charge in [0.1, 0.15) is 4.86 Å². The van der Waals surface area contributed by atoms with Crippen molar-refractivity contribution in [2.24, 2.45) is 0 Å². The summed E-state index contributed by atoms with van der Waals surface area (Å²) in [5, 5.41) is 0. The summed E-state index contributed by atoms with van der Waals surface area (Å²) in [5.41, 5.74) is 3.75. The highest BCUT2D eigenvalue weighted by Gasteiger charge is 2.13. The standard InChI is InChI=1S/C15H10N4S/c20-13(14-16-9-5-1-2-6-10(9)17-14)15-18-11-7-3-4-8-12(11)19-15/h1-8H,(H,16,17)(H,18,19). The van der Waals surface area contributed by atoms with Gasteiger partial charge >= 0.3 is 0 Å². The average Bonchev–Trinajstić information content (AvgIpc) is 3.10. The van der Waals surface area contributed by atoms with Gasteiger partial charge in [-0.1, -0.05) is 36.5 Å². The van der Waals surface area contributed by atoms with Crippen LogP contribution in [0.1, 0.15) is 11.6 Å². The van der Waals surface area contributed by atoms with Crippen LogP contribution in [0, 0.1) is 0 Å². The summed E-state index contributed by atoms with van der Waals surface area (Å²) in [6, 6.07) is 15.7. The molecule has 2 aromatic heterocycles. The van der Waals surface area contributed by atoms with Crippen LogP contribution in [0.5, 0.6) is 0 Å². The lowest BCUT2D eigenvalue weighted by Gasteiger charge is -1.93. The SMILES string of the molecule is S=C(c1nc2ccccc2[nH]1)c1nc2ccccc2[nH]1. The van der Waals surface area contributed by atoms with E-state index in [9.17, 15) is 0 Å². The second kappa shape index (κ2) is 4.25. The Morgan fingerprint density at radius 1 is 0.750 bits per heavy atom. The lowest BCUT2D eigenvalue weighted by Crippen LogP contribution is -2.04. The Labute approximate surface area is 119 Å². The first kappa shape index (κ1) is 11.3. The number of hydrogen-bond donors (Lipinski definition) is 2. The van der Waals surface area contributed by atoms with Gasteiger partial charge in [-0.25, -0.2) is 9.97 Å². The number of rotatable bonds is 2. The van der Waals surface area contributed by atoms with Gasteiger partial charge in [-0.3, -0.25) is 0 Å². The highest BCUT2D eigenvalue weighted by Crippen LogP contribution is 2.16. The van der Waals surface area contributed by atoms with Gasteiger partial charge in [0.05, 0.1) is 22.1 Å². The lowest BCUT2D eigenvalue weighted by molar-refractivity contribution is 1.24. The van der Waals surface area contributed by atoms with Crippen molar-refractivity contribution in [2.45, 2.75) is 0 Å². The van der Waals surface area contributed by atoms with Crippen LogP contribution >= 0.6 is 12.2 Å². The third-order valence-corrected chi connectivity index (χ3v) is 3.60. The normalized spacial score (nSPS) is 11.2. The van der Waals surface area contributed by atoms with Crippen LogP contribution in [0.2, 0.25) is 0 Å². The van der Waals surface area contributed by atoms with E-state index in [1.54, 1.807) is 0 Å². The fourth-order valence-electron chi connectivity index (χ4n) is 2.23. The number of nitrogens with one attached hydrogen (secondary N) is 2. The molecule has 2 aromatic carbocycles. The first-order valence-electron chi connectivity index (χ1n) is 6.25. The van der Waals surface area contributed by atoms with E-state index in [4.69, 9.17) is 12.2 Å². The van der Waals surface area contributed by atoms with Crippen molar-refractivity contribution in [2.75, 3.05) is 0 Å².